The Balaban J connectivity index is 2.06. The standard InChI is InChI=1S/C14H15BrClF2N3/c1-2-3-4-13-20-12(14(16)21-13)7-19-11-5-8(15)9(17)6-10(11)18/h5-6,19H,2-4,7H2,1H3,(H,20,21). The van der Waals surface area contributed by atoms with E-state index in [1.165, 1.54) is 6.07 Å². The van der Waals surface area contributed by atoms with Gasteiger partial charge in [0.25, 0.3) is 0 Å². The lowest BCUT2D eigenvalue weighted by Crippen LogP contribution is -2.03. The SMILES string of the molecule is CCCCc1nc(Cl)c(CNc2cc(Br)c(F)cc2F)[nH]1. The Hall–Kier alpha value is -1.14. The predicted octanol–water partition coefficient (Wildman–Crippen LogP) is 5.06. The minimum absolute atomic E-state index is 0.198. The number of aromatic amines is 1. The molecule has 2 N–H and O–H groups in total. The zero-order valence-corrected chi connectivity index (χ0v) is 13.8. The zero-order chi connectivity index (χ0) is 15.4. The molecule has 0 amide bonds. The van der Waals surface area contributed by atoms with Crippen LogP contribution in [0, 0.1) is 11.6 Å². The second-order valence-corrected chi connectivity index (χ2v) is 5.87. The molecule has 7 heteroatoms. The van der Waals surface area contributed by atoms with Gasteiger partial charge in [0.1, 0.15) is 17.5 Å². The lowest BCUT2D eigenvalue weighted by atomic mass is 10.2. The van der Waals surface area contributed by atoms with Gasteiger partial charge in [-0.1, -0.05) is 24.9 Å². The topological polar surface area (TPSA) is 40.7 Å². The number of anilines is 1. The molecule has 1 heterocycles. The lowest BCUT2D eigenvalue weighted by molar-refractivity contribution is 0.580. The van der Waals surface area contributed by atoms with E-state index in [0.29, 0.717) is 10.8 Å². The monoisotopic (exact) mass is 377 g/mol. The summed E-state index contributed by atoms with van der Waals surface area (Å²) < 4.78 is 27.0. The number of imidazole rings is 1. The predicted molar refractivity (Wildman–Crippen MR) is 83.6 cm³/mol. The summed E-state index contributed by atoms with van der Waals surface area (Å²) in [5.41, 5.74) is 0.881. The number of nitrogens with one attached hydrogen (secondary N) is 2. The van der Waals surface area contributed by atoms with Gasteiger partial charge in [0, 0.05) is 12.5 Å². The highest BCUT2D eigenvalue weighted by Gasteiger charge is 2.11. The number of H-pyrrole nitrogens is 1. The third kappa shape index (κ3) is 4.17. The number of aryl methyl sites for hydroxylation is 1. The average Bonchev–Trinajstić information content (AvgIpc) is 2.79. The lowest BCUT2D eigenvalue weighted by Gasteiger charge is -2.07. The largest absolute Gasteiger partial charge is 0.377 e. The molecule has 1 aromatic carbocycles. The second-order valence-electron chi connectivity index (χ2n) is 4.66. The summed E-state index contributed by atoms with van der Waals surface area (Å²) in [5.74, 6) is -0.476. The smallest absolute Gasteiger partial charge is 0.152 e. The number of hydrogen-bond donors (Lipinski definition) is 2. The summed E-state index contributed by atoms with van der Waals surface area (Å²) in [7, 11) is 0. The fourth-order valence-corrected chi connectivity index (χ4v) is 2.42. The Morgan fingerprint density at radius 2 is 2.10 bits per heavy atom. The molecular formula is C14H15BrClF2N3. The van der Waals surface area contributed by atoms with Crippen molar-refractivity contribution in [1.29, 1.82) is 0 Å². The average molecular weight is 379 g/mol. The minimum atomic E-state index is -0.655. The number of rotatable bonds is 6. The van der Waals surface area contributed by atoms with Crippen molar-refractivity contribution >= 4 is 33.2 Å². The van der Waals surface area contributed by atoms with Crippen LogP contribution in [-0.4, -0.2) is 9.97 Å². The number of hydrogen-bond acceptors (Lipinski definition) is 2. The van der Waals surface area contributed by atoms with Crippen molar-refractivity contribution in [3.63, 3.8) is 0 Å². The Kier molecular flexibility index (Phi) is 5.58. The van der Waals surface area contributed by atoms with Gasteiger partial charge in [0.15, 0.2) is 5.15 Å². The van der Waals surface area contributed by atoms with Gasteiger partial charge in [-0.05, 0) is 28.4 Å². The maximum absolute atomic E-state index is 13.6. The molecule has 2 aromatic rings. The van der Waals surface area contributed by atoms with Gasteiger partial charge >= 0.3 is 0 Å². The van der Waals surface area contributed by atoms with Gasteiger partial charge in [0.05, 0.1) is 22.4 Å². The molecule has 0 saturated heterocycles. The highest BCUT2D eigenvalue weighted by molar-refractivity contribution is 9.10. The summed E-state index contributed by atoms with van der Waals surface area (Å²) in [4.78, 5) is 7.34. The second kappa shape index (κ2) is 7.22. The maximum Gasteiger partial charge on any atom is 0.152 e. The molecule has 0 spiro atoms. The number of benzene rings is 1. The molecule has 114 valence electrons. The van der Waals surface area contributed by atoms with Crippen molar-refractivity contribution in [2.24, 2.45) is 0 Å². The zero-order valence-electron chi connectivity index (χ0n) is 11.4. The van der Waals surface area contributed by atoms with Crippen molar-refractivity contribution in [1.82, 2.24) is 9.97 Å². The van der Waals surface area contributed by atoms with Gasteiger partial charge < -0.3 is 10.3 Å². The summed E-state index contributed by atoms with van der Waals surface area (Å²) in [6.45, 7) is 2.38. The highest BCUT2D eigenvalue weighted by Crippen LogP contribution is 2.24. The van der Waals surface area contributed by atoms with Crippen LogP contribution in [0.2, 0.25) is 5.15 Å². The normalized spacial score (nSPS) is 10.9. The van der Waals surface area contributed by atoms with Crippen LogP contribution >= 0.6 is 27.5 Å². The van der Waals surface area contributed by atoms with Crippen molar-refractivity contribution in [2.45, 2.75) is 32.7 Å². The van der Waals surface area contributed by atoms with Crippen LogP contribution in [0.4, 0.5) is 14.5 Å². The van der Waals surface area contributed by atoms with E-state index in [1.54, 1.807) is 0 Å². The van der Waals surface area contributed by atoms with E-state index in [1.807, 2.05) is 0 Å². The fourth-order valence-electron chi connectivity index (χ4n) is 1.86. The minimum Gasteiger partial charge on any atom is -0.377 e. The quantitative estimate of drug-likeness (QED) is 0.690. The Morgan fingerprint density at radius 3 is 2.81 bits per heavy atom. The van der Waals surface area contributed by atoms with Gasteiger partial charge in [0.2, 0.25) is 0 Å². The molecule has 0 radical (unpaired) electrons. The number of halogens is 4. The van der Waals surface area contributed by atoms with Gasteiger partial charge in [-0.2, -0.15) is 0 Å². The van der Waals surface area contributed by atoms with Gasteiger partial charge in [-0.3, -0.25) is 0 Å². The summed E-state index contributed by atoms with van der Waals surface area (Å²) >= 11 is 9.07. The first-order chi connectivity index (χ1) is 10.0. The van der Waals surface area contributed by atoms with Crippen molar-refractivity contribution < 1.29 is 8.78 Å². The van der Waals surface area contributed by atoms with Crippen molar-refractivity contribution in [2.75, 3.05) is 5.32 Å². The van der Waals surface area contributed by atoms with E-state index in [4.69, 9.17) is 11.6 Å². The Morgan fingerprint density at radius 1 is 1.33 bits per heavy atom. The summed E-state index contributed by atoms with van der Waals surface area (Å²) in [6.07, 6.45) is 2.92. The number of nitrogens with zero attached hydrogens (tertiary/aromatic N) is 1. The molecule has 0 aliphatic heterocycles. The molecule has 0 fully saturated rings. The van der Waals surface area contributed by atoms with Gasteiger partial charge in [-0.15, -0.1) is 0 Å². The molecule has 2 rings (SSSR count). The van der Waals surface area contributed by atoms with Crippen LogP contribution in [0.25, 0.3) is 0 Å². The maximum atomic E-state index is 13.6. The number of unbranched alkanes of at least 4 members (excludes halogenated alkanes) is 1. The van der Waals surface area contributed by atoms with Crippen LogP contribution in [0.3, 0.4) is 0 Å². The Bertz CT molecular complexity index is 631. The fraction of sp³-hybridized carbons (Fsp3) is 0.357. The van der Waals surface area contributed by atoms with Crippen LogP contribution in [0.5, 0.6) is 0 Å². The van der Waals surface area contributed by atoms with Crippen LogP contribution < -0.4 is 5.32 Å². The Labute approximate surface area is 135 Å². The third-order valence-corrected chi connectivity index (χ3v) is 3.93. The molecule has 0 saturated carbocycles. The molecule has 1 aromatic heterocycles. The summed E-state index contributed by atoms with van der Waals surface area (Å²) in [5, 5.41) is 3.25. The molecule has 0 aliphatic carbocycles. The van der Waals surface area contributed by atoms with E-state index in [-0.39, 0.29) is 16.7 Å². The van der Waals surface area contributed by atoms with E-state index in [2.05, 4.69) is 38.1 Å². The summed E-state index contributed by atoms with van der Waals surface area (Å²) in [6, 6.07) is 2.18. The molecule has 21 heavy (non-hydrogen) atoms. The van der Waals surface area contributed by atoms with Crippen molar-refractivity contribution in [3.05, 3.63) is 44.9 Å². The van der Waals surface area contributed by atoms with E-state index >= 15 is 0 Å². The van der Waals surface area contributed by atoms with Gasteiger partial charge in [-0.25, -0.2) is 13.8 Å². The molecule has 0 unspecified atom stereocenters. The van der Waals surface area contributed by atoms with Crippen LogP contribution in [0.15, 0.2) is 16.6 Å². The van der Waals surface area contributed by atoms with E-state index in [9.17, 15) is 8.78 Å². The third-order valence-electron chi connectivity index (χ3n) is 3.01. The molecule has 0 aliphatic rings. The van der Waals surface area contributed by atoms with Crippen LogP contribution in [0.1, 0.15) is 31.3 Å². The number of aromatic nitrogens is 2. The first-order valence-corrected chi connectivity index (χ1v) is 7.80. The molecule has 0 bridgehead atoms. The first kappa shape index (κ1) is 16.2. The van der Waals surface area contributed by atoms with Crippen molar-refractivity contribution in [3.8, 4) is 0 Å². The van der Waals surface area contributed by atoms with Crippen LogP contribution in [-0.2, 0) is 13.0 Å². The highest BCUT2D eigenvalue weighted by atomic mass is 79.9. The van der Waals surface area contributed by atoms with E-state index in [0.717, 1.165) is 31.2 Å². The first-order valence-electron chi connectivity index (χ1n) is 6.63. The molecule has 3 nitrogen and oxygen atoms in total. The molecular weight excluding hydrogens is 364 g/mol. The molecule has 0 atom stereocenters. The van der Waals surface area contributed by atoms with E-state index < -0.39 is 11.6 Å².